The second kappa shape index (κ2) is 6.57. The van der Waals surface area contributed by atoms with E-state index in [2.05, 4.69) is 4.90 Å². The van der Waals surface area contributed by atoms with E-state index < -0.39 is 0 Å². The first-order valence-electron chi connectivity index (χ1n) is 6.71. The Balaban J connectivity index is 1.77. The molecule has 104 valence electrons. The lowest BCUT2D eigenvalue weighted by atomic mass is 10.1. The lowest BCUT2D eigenvalue weighted by molar-refractivity contribution is -0.153. The third-order valence-corrected chi connectivity index (χ3v) is 3.32. The lowest BCUT2D eigenvalue weighted by Gasteiger charge is -2.29. The van der Waals surface area contributed by atoms with Crippen LogP contribution in [0.25, 0.3) is 0 Å². The van der Waals surface area contributed by atoms with Gasteiger partial charge in [0.2, 0.25) is 0 Å². The highest BCUT2D eigenvalue weighted by Gasteiger charge is 2.20. The number of hydrogen-bond acceptors (Lipinski definition) is 4. The van der Waals surface area contributed by atoms with Gasteiger partial charge in [-0.15, -0.1) is 0 Å². The first kappa shape index (κ1) is 13.9. The Bertz CT molecular complexity index is 433. The van der Waals surface area contributed by atoms with E-state index in [9.17, 15) is 4.79 Å². The summed E-state index contributed by atoms with van der Waals surface area (Å²) in [6, 6.07) is 7.65. The Kier molecular flexibility index (Phi) is 4.80. The largest absolute Gasteiger partial charge is 0.482 e. The number of nitrogens with zero attached hydrogens (tertiary/aromatic N) is 1. The second-order valence-corrected chi connectivity index (χ2v) is 5.07. The van der Waals surface area contributed by atoms with Gasteiger partial charge in [-0.3, -0.25) is 0 Å². The summed E-state index contributed by atoms with van der Waals surface area (Å²) >= 11 is 0. The van der Waals surface area contributed by atoms with E-state index >= 15 is 0 Å². The maximum atomic E-state index is 11.7. The van der Waals surface area contributed by atoms with Gasteiger partial charge in [0, 0.05) is 6.54 Å². The highest BCUT2D eigenvalue weighted by atomic mass is 16.6. The van der Waals surface area contributed by atoms with Crippen LogP contribution >= 0.6 is 0 Å². The number of aryl methyl sites for hydroxylation is 1. The molecule has 1 aromatic rings. The predicted octanol–water partition coefficient (Wildman–Crippen LogP) is 2.01. The van der Waals surface area contributed by atoms with Gasteiger partial charge in [-0.2, -0.15) is 0 Å². The Morgan fingerprint density at radius 3 is 2.95 bits per heavy atom. The van der Waals surface area contributed by atoms with Crippen LogP contribution in [-0.2, 0) is 9.53 Å². The number of piperidine rings is 1. The zero-order chi connectivity index (χ0) is 13.7. The van der Waals surface area contributed by atoms with Gasteiger partial charge in [-0.05, 0) is 45.0 Å². The van der Waals surface area contributed by atoms with Crippen LogP contribution in [0.4, 0.5) is 0 Å². The molecule has 0 N–H and O–H groups in total. The third-order valence-electron chi connectivity index (χ3n) is 3.32. The Hall–Kier alpha value is -1.55. The van der Waals surface area contributed by atoms with Gasteiger partial charge in [0.1, 0.15) is 11.9 Å². The van der Waals surface area contributed by atoms with Crippen LogP contribution in [-0.4, -0.2) is 43.7 Å². The number of rotatable bonds is 4. The van der Waals surface area contributed by atoms with Gasteiger partial charge in [0.05, 0.1) is 0 Å². The smallest absolute Gasteiger partial charge is 0.344 e. The minimum absolute atomic E-state index is 0.00622. The molecule has 1 saturated heterocycles. The maximum absolute atomic E-state index is 11.7. The van der Waals surface area contributed by atoms with Crippen molar-refractivity contribution in [2.24, 2.45) is 0 Å². The van der Waals surface area contributed by atoms with Crippen LogP contribution in [0.15, 0.2) is 24.3 Å². The standard InChI is InChI=1S/C15H21NO3/c1-12-6-3-4-8-14(12)18-11-15(17)19-13-7-5-9-16(2)10-13/h3-4,6,8,13H,5,7,9-11H2,1-2H3. The van der Waals surface area contributed by atoms with Crippen LogP contribution in [0.5, 0.6) is 5.75 Å². The van der Waals surface area contributed by atoms with Crippen molar-refractivity contribution in [3.05, 3.63) is 29.8 Å². The Morgan fingerprint density at radius 1 is 1.42 bits per heavy atom. The van der Waals surface area contributed by atoms with E-state index in [0.29, 0.717) is 0 Å². The van der Waals surface area contributed by atoms with Crippen molar-refractivity contribution in [2.75, 3.05) is 26.7 Å². The fourth-order valence-electron chi connectivity index (χ4n) is 2.29. The van der Waals surface area contributed by atoms with Gasteiger partial charge >= 0.3 is 5.97 Å². The number of ether oxygens (including phenoxy) is 2. The average Bonchev–Trinajstić information content (AvgIpc) is 2.38. The highest BCUT2D eigenvalue weighted by Crippen LogP contribution is 2.16. The fraction of sp³-hybridized carbons (Fsp3) is 0.533. The summed E-state index contributed by atoms with van der Waals surface area (Å²) in [5, 5.41) is 0. The number of carbonyl (C=O) groups excluding carboxylic acids is 1. The second-order valence-electron chi connectivity index (χ2n) is 5.07. The number of likely N-dealkylation sites (N-methyl/N-ethyl adjacent to an activating group) is 1. The normalized spacial score (nSPS) is 20.0. The molecule has 4 heteroatoms. The molecule has 0 amide bonds. The van der Waals surface area contributed by atoms with Crippen molar-refractivity contribution < 1.29 is 14.3 Å². The van der Waals surface area contributed by atoms with Crippen molar-refractivity contribution in [2.45, 2.75) is 25.9 Å². The SMILES string of the molecule is Cc1ccccc1OCC(=O)OC1CCCN(C)C1. The molecule has 1 atom stereocenters. The molecule has 2 rings (SSSR count). The molecule has 0 radical (unpaired) electrons. The van der Waals surface area contributed by atoms with Gasteiger partial charge in [0.15, 0.2) is 6.61 Å². The van der Waals surface area contributed by atoms with E-state index in [1.54, 1.807) is 0 Å². The Morgan fingerprint density at radius 2 is 2.21 bits per heavy atom. The van der Waals surface area contributed by atoms with Gasteiger partial charge < -0.3 is 14.4 Å². The molecule has 1 unspecified atom stereocenters. The monoisotopic (exact) mass is 263 g/mol. The molecular formula is C15H21NO3. The summed E-state index contributed by atoms with van der Waals surface area (Å²) in [5.41, 5.74) is 1.02. The zero-order valence-corrected chi connectivity index (χ0v) is 11.6. The van der Waals surface area contributed by atoms with Crippen LogP contribution in [0.2, 0.25) is 0 Å². The molecule has 0 saturated carbocycles. The number of para-hydroxylation sites is 1. The summed E-state index contributed by atoms with van der Waals surface area (Å²) < 4.78 is 10.9. The van der Waals surface area contributed by atoms with Crippen LogP contribution < -0.4 is 4.74 Å². The molecule has 1 aliphatic heterocycles. The predicted molar refractivity (Wildman–Crippen MR) is 73.3 cm³/mol. The number of benzene rings is 1. The number of carbonyl (C=O) groups is 1. The van der Waals surface area contributed by atoms with Gasteiger partial charge in [0.25, 0.3) is 0 Å². The topological polar surface area (TPSA) is 38.8 Å². The van der Waals surface area contributed by atoms with Crippen molar-refractivity contribution in [3.8, 4) is 5.75 Å². The van der Waals surface area contributed by atoms with Crippen molar-refractivity contribution in [1.29, 1.82) is 0 Å². The fourth-order valence-corrected chi connectivity index (χ4v) is 2.29. The van der Waals surface area contributed by atoms with Crippen molar-refractivity contribution >= 4 is 5.97 Å². The van der Waals surface area contributed by atoms with E-state index in [1.165, 1.54) is 0 Å². The average molecular weight is 263 g/mol. The van der Waals surface area contributed by atoms with Crippen LogP contribution in [0, 0.1) is 6.92 Å². The number of likely N-dealkylation sites (tertiary alicyclic amines) is 1. The minimum atomic E-state index is -0.288. The highest BCUT2D eigenvalue weighted by molar-refractivity contribution is 5.71. The van der Waals surface area contributed by atoms with Crippen LogP contribution in [0.3, 0.4) is 0 Å². The van der Waals surface area contributed by atoms with Crippen molar-refractivity contribution in [3.63, 3.8) is 0 Å². The summed E-state index contributed by atoms with van der Waals surface area (Å²) in [6.07, 6.45) is 2.03. The van der Waals surface area contributed by atoms with E-state index in [0.717, 1.165) is 37.2 Å². The molecule has 19 heavy (non-hydrogen) atoms. The molecular weight excluding hydrogens is 242 g/mol. The zero-order valence-electron chi connectivity index (χ0n) is 11.6. The quantitative estimate of drug-likeness (QED) is 0.779. The molecule has 0 aliphatic carbocycles. The lowest BCUT2D eigenvalue weighted by Crippen LogP contribution is -2.38. The molecule has 4 nitrogen and oxygen atoms in total. The van der Waals surface area contributed by atoms with Gasteiger partial charge in [-0.1, -0.05) is 18.2 Å². The first-order chi connectivity index (χ1) is 9.15. The molecule has 1 aromatic carbocycles. The summed E-state index contributed by atoms with van der Waals surface area (Å²) in [4.78, 5) is 13.9. The van der Waals surface area contributed by atoms with Crippen molar-refractivity contribution in [1.82, 2.24) is 4.90 Å². The summed E-state index contributed by atoms with van der Waals surface area (Å²) in [5.74, 6) is 0.448. The molecule has 1 heterocycles. The molecule has 1 aliphatic rings. The maximum Gasteiger partial charge on any atom is 0.344 e. The van der Waals surface area contributed by atoms with E-state index in [-0.39, 0.29) is 18.7 Å². The summed E-state index contributed by atoms with van der Waals surface area (Å²) in [6.45, 7) is 3.83. The van der Waals surface area contributed by atoms with Gasteiger partial charge in [-0.25, -0.2) is 4.79 Å². The molecule has 0 aromatic heterocycles. The molecule has 0 bridgehead atoms. The summed E-state index contributed by atoms with van der Waals surface area (Å²) in [7, 11) is 2.05. The van der Waals surface area contributed by atoms with E-state index in [1.807, 2.05) is 38.2 Å². The van der Waals surface area contributed by atoms with E-state index in [4.69, 9.17) is 9.47 Å². The first-order valence-corrected chi connectivity index (χ1v) is 6.71. The molecule has 1 fully saturated rings. The third kappa shape index (κ3) is 4.24. The molecule has 0 spiro atoms. The Labute approximate surface area is 114 Å². The number of hydrogen-bond donors (Lipinski definition) is 0. The van der Waals surface area contributed by atoms with Crippen LogP contribution in [0.1, 0.15) is 18.4 Å². The number of esters is 1. The minimum Gasteiger partial charge on any atom is -0.482 e.